The van der Waals surface area contributed by atoms with Crippen molar-refractivity contribution in [2.75, 3.05) is 104 Å². The van der Waals surface area contributed by atoms with Crippen LogP contribution in [0.5, 0.6) is 17.2 Å². The summed E-state index contributed by atoms with van der Waals surface area (Å²) in [5.74, 6) is 3.23. The second kappa shape index (κ2) is 44.7. The number of carbonyl (C=O) groups excluding carboxylic acids is 4. The highest BCUT2D eigenvalue weighted by Gasteiger charge is 2.38. The van der Waals surface area contributed by atoms with Crippen LogP contribution in [0.3, 0.4) is 0 Å². The quantitative estimate of drug-likeness (QED) is 0.0225. The van der Waals surface area contributed by atoms with Gasteiger partial charge in [-0.15, -0.1) is 11.3 Å². The number of carbonyl (C=O) groups is 4. The number of aromatic nitrogens is 7. The number of benzene rings is 5. The first kappa shape index (κ1) is 96.2. The van der Waals surface area contributed by atoms with Gasteiger partial charge in [0.1, 0.15) is 33.5 Å². The molecule has 1 unspecified atom stereocenters. The Hall–Kier alpha value is -13.1. The summed E-state index contributed by atoms with van der Waals surface area (Å²) in [6, 6.07) is 43.4. The third kappa shape index (κ3) is 25.6. The van der Waals surface area contributed by atoms with Crippen molar-refractivity contribution in [3.8, 4) is 45.5 Å². The van der Waals surface area contributed by atoms with Gasteiger partial charge in [0.25, 0.3) is 21.3 Å². The van der Waals surface area contributed by atoms with E-state index in [2.05, 4.69) is 30.4 Å². The van der Waals surface area contributed by atoms with Crippen molar-refractivity contribution in [2.45, 2.75) is 104 Å². The summed E-state index contributed by atoms with van der Waals surface area (Å²) in [5, 5.41) is 16.6. The van der Waals surface area contributed by atoms with Gasteiger partial charge in [0.2, 0.25) is 17.8 Å². The van der Waals surface area contributed by atoms with Gasteiger partial charge in [0.05, 0.1) is 101 Å². The molecule has 30 nitrogen and oxygen atoms in total. The number of piperidine rings is 1. The van der Waals surface area contributed by atoms with E-state index in [1.165, 1.54) is 64.3 Å². The fourth-order valence-electron chi connectivity index (χ4n) is 13.9. The summed E-state index contributed by atoms with van der Waals surface area (Å²) >= 11 is 6.55. The number of nitrogens with zero attached hydrogens (tertiary/aromatic N) is 10. The molecule has 1 atom stereocenters. The molecule has 3 aliphatic rings. The standard InChI is InChI=1S/C20H17N3O4.C17H13F3N2O2S.C17H15NO4.C12H23N3O3S.C10H14N2O.C8H11N3.C7H9ClN2/c1-27-14-4-2-3-13(11-14)23-8-6-18-16(20(23)26)12-15-17(21-18)5-7-22(9-10-24)19(15)25;1-8(23)15-14(21)13-11(17(18,19)20)7-12(22-16(13)25-15)9-4-3-5-10(6-9)24-2;1-20-13-6-4-12(5-7-13)17-11-15(18-22-17)16(19)9-8-14-3-2-10-21-14;1-13(2)19(17,18)15-9-5-6-11(10-15)12(16)14-7-3-4-8-14;1-12-10(13)7-4-8-2-5-9(11)6-3-8;9-8-10-5-6-3-1-2-4-7(6)11-8;1-4-2-5(8)3-6(9)7(4)10/h2-8,11-12,24H,9-10H2,1H3;3-7H,21H2,1-2H3;2-7,10-11H,8-9H2,1H3;11H,3-10H2,1-2H3;2-3,5-6H,4,7,11H2,1H3,(H,12,13);5H,1-4H2,(H2,9,10,11);2-3H,9-10H2,1H3. The zero-order chi connectivity index (χ0) is 91.8. The van der Waals surface area contributed by atoms with Crippen molar-refractivity contribution in [3.63, 3.8) is 0 Å². The second-order valence-corrected chi connectivity index (χ2v) is 33.4. The zero-order valence-electron chi connectivity index (χ0n) is 71.5. The number of pyridine rings is 4. The van der Waals surface area contributed by atoms with Gasteiger partial charge in [-0.3, -0.25) is 33.3 Å². The van der Waals surface area contributed by atoms with Crippen LogP contribution < -0.4 is 59.3 Å². The molecule has 127 heavy (non-hydrogen) atoms. The smallest absolute Gasteiger partial charge is 0.417 e. The number of nitrogen functional groups attached to an aromatic ring is 5. The number of anilines is 5. The average molecular weight is 1800 g/mol. The molecular weight excluding hydrogens is 1700 g/mol. The number of hydrogen-bond acceptors (Lipinski definition) is 25. The topological polar surface area (TPSA) is 437 Å². The maximum atomic E-state index is 13.6. The van der Waals surface area contributed by atoms with E-state index in [1.807, 2.05) is 72.6 Å². The number of thiophene rings is 1. The molecule has 13 aromatic rings. The van der Waals surface area contributed by atoms with Gasteiger partial charge < -0.3 is 71.7 Å². The van der Waals surface area contributed by atoms with Crippen LogP contribution in [0.1, 0.15) is 112 Å². The summed E-state index contributed by atoms with van der Waals surface area (Å²) in [5.41, 5.74) is 36.1. The fraction of sp³-hybridized carbons (Fsp3) is 0.308. The third-order valence-electron chi connectivity index (χ3n) is 20.8. The normalized spacial score (nSPS) is 13.6. The average Bonchev–Trinajstić information content (AvgIpc) is 1.29. The van der Waals surface area contributed by atoms with E-state index in [9.17, 15) is 50.4 Å². The summed E-state index contributed by atoms with van der Waals surface area (Å²) in [7, 11) is 5.95. The number of rotatable bonds is 19. The molecule has 1 aliphatic carbocycles. The van der Waals surface area contributed by atoms with Gasteiger partial charge in [-0.25, -0.2) is 19.9 Å². The Morgan fingerprint density at radius 3 is 2.04 bits per heavy atom. The minimum atomic E-state index is -4.63. The molecular formula is C91H102ClF3N16O14S2. The minimum Gasteiger partial charge on any atom is -0.497 e. The number of amides is 2. The summed E-state index contributed by atoms with van der Waals surface area (Å²) in [6.45, 7) is 5.69. The first-order valence-corrected chi connectivity index (χ1v) is 43.2. The monoisotopic (exact) mass is 1800 g/mol. The van der Waals surface area contributed by atoms with Crippen LogP contribution in [-0.4, -0.2) is 160 Å². The number of methoxy groups -OCH3 is 3. The maximum Gasteiger partial charge on any atom is 0.417 e. The summed E-state index contributed by atoms with van der Waals surface area (Å²) in [4.78, 5) is 91.5. The Morgan fingerprint density at radius 2 is 1.39 bits per heavy atom. The first-order valence-electron chi connectivity index (χ1n) is 40.6. The van der Waals surface area contributed by atoms with Crippen molar-refractivity contribution < 1.29 is 69.0 Å². The molecule has 2 aliphatic heterocycles. The Kier molecular flexibility index (Phi) is 33.8. The Morgan fingerprint density at radius 1 is 0.717 bits per heavy atom. The van der Waals surface area contributed by atoms with Crippen molar-refractivity contribution in [1.29, 1.82) is 0 Å². The van der Waals surface area contributed by atoms with Crippen LogP contribution in [0.25, 0.3) is 60.3 Å². The number of furan rings is 1. The lowest BCUT2D eigenvalue weighted by Gasteiger charge is -2.34. The van der Waals surface area contributed by atoms with Gasteiger partial charge in [0, 0.05) is 144 Å². The van der Waals surface area contributed by atoms with Crippen molar-refractivity contribution in [1.82, 2.24) is 53.1 Å². The second-order valence-electron chi connectivity index (χ2n) is 29.8. The molecule has 5 aromatic carbocycles. The van der Waals surface area contributed by atoms with Gasteiger partial charge in [-0.05, 0) is 191 Å². The van der Waals surface area contributed by atoms with Crippen molar-refractivity contribution in [3.05, 3.63) is 247 Å². The Balaban J connectivity index is 0.000000158. The molecule has 670 valence electrons. The highest BCUT2D eigenvalue weighted by atomic mass is 35.5. The number of nitrogens with one attached hydrogen (secondary N) is 1. The molecule has 2 fully saturated rings. The van der Waals surface area contributed by atoms with Crippen LogP contribution in [0.15, 0.2) is 195 Å². The maximum absolute atomic E-state index is 13.6. The number of aryl methyl sites for hydroxylation is 5. The van der Waals surface area contributed by atoms with E-state index >= 15 is 0 Å². The van der Waals surface area contributed by atoms with E-state index < -0.39 is 27.7 Å². The summed E-state index contributed by atoms with van der Waals surface area (Å²) < 4.78 is 96.3. The van der Waals surface area contributed by atoms with E-state index in [-0.39, 0.29) is 74.3 Å². The highest BCUT2D eigenvalue weighted by Crippen LogP contribution is 2.44. The van der Waals surface area contributed by atoms with Crippen LogP contribution in [-0.2, 0) is 58.2 Å². The molecule has 16 rings (SSSR count). The molecule has 36 heteroatoms. The minimum absolute atomic E-state index is 0.0665. The SMILES string of the molecule is CN(C)S(=O)(=O)N1CCCC(C(=O)N2CCCC2)C1.CNC(=O)CCc1ccc(N)cc1.COc1ccc(-c2cc(C(=O)CCc3ccco3)no2)cc1.COc1cccc(-c2cc(C(F)(F)F)c3c(N)c(C(C)=O)sc3n2)c1.COc1cccc(-n2ccc3nc4ccn(CCO)c(=O)c4cc3c2=O)c1.Cc1cc(Cl)cc(N)c1N.Nc1ncc2c(n1)CCCC2. The number of likely N-dealkylation sites (tertiary alicyclic amines) is 1. The lowest BCUT2D eigenvalue weighted by molar-refractivity contribution is -0.136. The van der Waals surface area contributed by atoms with Crippen LogP contribution in [0.4, 0.5) is 41.9 Å². The van der Waals surface area contributed by atoms with Crippen LogP contribution in [0.2, 0.25) is 5.02 Å². The lowest BCUT2D eigenvalue weighted by Crippen LogP contribution is -2.49. The van der Waals surface area contributed by atoms with Gasteiger partial charge in [-0.2, -0.15) is 30.2 Å². The number of aliphatic hydroxyl groups excluding tert-OH is 1. The van der Waals surface area contributed by atoms with E-state index in [0.29, 0.717) is 111 Å². The number of ether oxygens (including phenoxy) is 3. The van der Waals surface area contributed by atoms with E-state index in [1.54, 1.807) is 131 Å². The number of Topliss-reactive ketones (excluding diaryl/α,β-unsaturated/α-hetero) is 2. The molecule has 12 N–H and O–H groups in total. The number of alkyl halides is 3. The van der Waals surface area contributed by atoms with Crippen molar-refractivity contribution in [2.24, 2.45) is 5.92 Å². The Bertz CT molecular complexity index is 6200. The molecule has 0 bridgehead atoms. The number of ketones is 2. The molecule has 2 amide bonds. The largest absolute Gasteiger partial charge is 0.497 e. The first-order chi connectivity index (χ1) is 60.7. The predicted molar refractivity (Wildman–Crippen MR) is 488 cm³/mol. The fourth-order valence-corrected chi connectivity index (χ4v) is 16.4. The molecule has 0 spiro atoms. The molecule has 0 saturated carbocycles. The molecule has 8 aromatic heterocycles. The van der Waals surface area contributed by atoms with Gasteiger partial charge in [-0.1, -0.05) is 47.1 Å². The number of hydrogen-bond donors (Lipinski definition) is 7. The van der Waals surface area contributed by atoms with Gasteiger partial charge >= 0.3 is 6.18 Å². The predicted octanol–water partition coefficient (Wildman–Crippen LogP) is 14.1. The molecule has 2 saturated heterocycles. The lowest BCUT2D eigenvalue weighted by atomic mass is 9.98. The van der Waals surface area contributed by atoms with Crippen LogP contribution in [0, 0.1) is 12.8 Å². The Labute approximate surface area is 740 Å². The third-order valence-corrected chi connectivity index (χ3v) is 24.2. The molecule has 0 radical (unpaired) electrons. The number of halogens is 4. The number of aliphatic hydroxyl groups is 1. The van der Waals surface area contributed by atoms with E-state index in [0.717, 1.165) is 115 Å². The zero-order valence-corrected chi connectivity index (χ0v) is 73.9. The van der Waals surface area contributed by atoms with Crippen molar-refractivity contribution >= 4 is 117 Å². The number of fused-ring (bicyclic) bond motifs is 4. The highest BCUT2D eigenvalue weighted by molar-refractivity contribution is 7.86. The van der Waals surface area contributed by atoms with Gasteiger partial charge in [0.15, 0.2) is 17.3 Å². The number of nitrogens with two attached hydrogens (primary N) is 5. The molecule has 10 heterocycles. The van der Waals surface area contributed by atoms with E-state index in [4.69, 9.17) is 68.5 Å². The summed E-state index contributed by atoms with van der Waals surface area (Å²) in [6.07, 6.45) is 12.7. The van der Waals surface area contributed by atoms with Crippen LogP contribution >= 0.6 is 22.9 Å².